The van der Waals surface area contributed by atoms with E-state index >= 15 is 0 Å². The molecule has 0 spiro atoms. The van der Waals surface area contributed by atoms with Gasteiger partial charge in [0.15, 0.2) is 0 Å². The van der Waals surface area contributed by atoms with Crippen LogP contribution in [0.5, 0.6) is 0 Å². The molecule has 1 heterocycles. The Morgan fingerprint density at radius 2 is 2.22 bits per heavy atom. The predicted octanol–water partition coefficient (Wildman–Crippen LogP) is 1.19. The van der Waals surface area contributed by atoms with Crippen LogP contribution in [0.1, 0.15) is 18.1 Å². The Hall–Kier alpha value is -1.57. The molecule has 96 valence electrons. The summed E-state index contributed by atoms with van der Waals surface area (Å²) < 4.78 is 0. The van der Waals surface area contributed by atoms with Crippen LogP contribution in [0.2, 0.25) is 0 Å². The molecule has 2 rings (SSSR count). The number of benzene rings is 1. The molecule has 1 aliphatic heterocycles. The van der Waals surface area contributed by atoms with E-state index in [-0.39, 0.29) is 6.61 Å². The Balaban J connectivity index is 2.26. The molecule has 1 aliphatic rings. The van der Waals surface area contributed by atoms with Crippen molar-refractivity contribution >= 4 is 5.69 Å². The Kier molecular flexibility index (Phi) is 3.85. The van der Waals surface area contributed by atoms with Gasteiger partial charge in [-0.1, -0.05) is 6.07 Å². The van der Waals surface area contributed by atoms with Crippen LogP contribution in [0.25, 0.3) is 0 Å². The number of likely N-dealkylation sites (N-methyl/N-ethyl adjacent to an activating group) is 1. The molecule has 1 atom stereocenters. The van der Waals surface area contributed by atoms with Gasteiger partial charge in [0.05, 0.1) is 17.9 Å². The van der Waals surface area contributed by atoms with Crippen molar-refractivity contribution in [2.45, 2.75) is 19.6 Å². The number of hydrogen-bond acceptors (Lipinski definition) is 4. The molecule has 0 bridgehead atoms. The summed E-state index contributed by atoms with van der Waals surface area (Å²) in [5.41, 5.74) is 2.42. The van der Waals surface area contributed by atoms with Gasteiger partial charge in [0.2, 0.25) is 0 Å². The van der Waals surface area contributed by atoms with Crippen LogP contribution in [-0.4, -0.2) is 42.7 Å². The third kappa shape index (κ3) is 2.47. The number of aliphatic hydroxyl groups excluding tert-OH is 1. The Bertz CT molecular complexity index is 467. The van der Waals surface area contributed by atoms with Crippen LogP contribution < -0.4 is 4.90 Å². The number of hydrogen-bond donors (Lipinski definition) is 1. The van der Waals surface area contributed by atoms with Crippen LogP contribution in [0.3, 0.4) is 0 Å². The molecule has 1 aromatic rings. The van der Waals surface area contributed by atoms with Gasteiger partial charge in [-0.25, -0.2) is 0 Å². The first kappa shape index (κ1) is 12.9. The van der Waals surface area contributed by atoms with Crippen LogP contribution in [-0.2, 0) is 6.61 Å². The molecule has 0 saturated carbocycles. The lowest BCUT2D eigenvalue weighted by atomic mass is 10.1. The summed E-state index contributed by atoms with van der Waals surface area (Å²) in [7, 11) is 2.13. The van der Waals surface area contributed by atoms with Gasteiger partial charge in [-0.3, -0.25) is 0 Å². The summed E-state index contributed by atoms with van der Waals surface area (Å²) in [6.07, 6.45) is 0. The van der Waals surface area contributed by atoms with E-state index in [0.717, 1.165) is 30.9 Å². The molecule has 1 N–H and O–H groups in total. The first-order valence-corrected chi connectivity index (χ1v) is 6.24. The van der Waals surface area contributed by atoms with Crippen molar-refractivity contribution in [1.82, 2.24) is 4.90 Å². The van der Waals surface area contributed by atoms with Crippen molar-refractivity contribution in [2.24, 2.45) is 0 Å². The third-order valence-corrected chi connectivity index (χ3v) is 3.66. The van der Waals surface area contributed by atoms with Crippen molar-refractivity contribution < 1.29 is 5.11 Å². The van der Waals surface area contributed by atoms with Gasteiger partial charge in [-0.15, -0.1) is 0 Å². The van der Waals surface area contributed by atoms with Crippen molar-refractivity contribution in [1.29, 1.82) is 5.26 Å². The van der Waals surface area contributed by atoms with Gasteiger partial charge in [0, 0.05) is 25.7 Å². The highest BCUT2D eigenvalue weighted by Gasteiger charge is 2.22. The normalized spacial score (nSPS) is 20.8. The van der Waals surface area contributed by atoms with E-state index in [9.17, 15) is 5.26 Å². The molecule has 4 heteroatoms. The van der Waals surface area contributed by atoms with E-state index in [1.165, 1.54) is 0 Å². The lowest BCUT2D eigenvalue weighted by Crippen LogP contribution is -2.50. The van der Waals surface area contributed by atoms with E-state index in [1.807, 2.05) is 12.1 Å². The first-order chi connectivity index (χ1) is 8.65. The van der Waals surface area contributed by atoms with Gasteiger partial charge in [0.25, 0.3) is 0 Å². The summed E-state index contributed by atoms with van der Waals surface area (Å²) in [6.45, 7) is 5.06. The topological polar surface area (TPSA) is 50.5 Å². The zero-order valence-electron chi connectivity index (χ0n) is 10.9. The van der Waals surface area contributed by atoms with Crippen LogP contribution in [0.15, 0.2) is 18.2 Å². The highest BCUT2D eigenvalue weighted by molar-refractivity contribution is 5.60. The molecular weight excluding hydrogens is 226 g/mol. The van der Waals surface area contributed by atoms with E-state index in [1.54, 1.807) is 6.07 Å². The molecule has 0 amide bonds. The van der Waals surface area contributed by atoms with Gasteiger partial charge in [-0.05, 0) is 31.7 Å². The molecule has 1 saturated heterocycles. The highest BCUT2D eigenvalue weighted by Crippen LogP contribution is 2.24. The largest absolute Gasteiger partial charge is 0.392 e. The molecule has 0 aromatic heterocycles. The maximum Gasteiger partial charge on any atom is 0.101 e. The van der Waals surface area contributed by atoms with E-state index in [4.69, 9.17) is 5.11 Å². The van der Waals surface area contributed by atoms with Crippen molar-refractivity contribution in [3.8, 4) is 6.07 Å². The van der Waals surface area contributed by atoms with Crippen LogP contribution >= 0.6 is 0 Å². The van der Waals surface area contributed by atoms with Gasteiger partial charge >= 0.3 is 0 Å². The first-order valence-electron chi connectivity index (χ1n) is 6.24. The maximum absolute atomic E-state index is 9.22. The average molecular weight is 245 g/mol. The molecule has 0 radical (unpaired) electrons. The minimum Gasteiger partial charge on any atom is -0.392 e. The SMILES string of the molecule is CC1CN(c2ccc(CO)cc2C#N)CCN1C. The second kappa shape index (κ2) is 5.38. The number of nitrogens with zero attached hydrogens (tertiary/aromatic N) is 3. The smallest absolute Gasteiger partial charge is 0.101 e. The van der Waals surface area contributed by atoms with Gasteiger partial charge < -0.3 is 14.9 Å². The number of rotatable bonds is 2. The van der Waals surface area contributed by atoms with Crippen molar-refractivity contribution in [3.63, 3.8) is 0 Å². The third-order valence-electron chi connectivity index (χ3n) is 3.66. The maximum atomic E-state index is 9.22. The van der Waals surface area contributed by atoms with Crippen LogP contribution in [0, 0.1) is 11.3 Å². The monoisotopic (exact) mass is 245 g/mol. The Morgan fingerprint density at radius 3 is 2.83 bits per heavy atom. The number of aliphatic hydroxyl groups is 1. The minimum atomic E-state index is -0.0197. The zero-order chi connectivity index (χ0) is 13.1. The minimum absolute atomic E-state index is 0.0197. The van der Waals surface area contributed by atoms with E-state index in [2.05, 4.69) is 29.8 Å². The zero-order valence-corrected chi connectivity index (χ0v) is 10.9. The quantitative estimate of drug-likeness (QED) is 0.850. The molecule has 18 heavy (non-hydrogen) atoms. The fourth-order valence-corrected chi connectivity index (χ4v) is 2.31. The lowest BCUT2D eigenvalue weighted by molar-refractivity contribution is 0.234. The summed E-state index contributed by atoms with van der Waals surface area (Å²) in [5, 5.41) is 18.3. The summed E-state index contributed by atoms with van der Waals surface area (Å²) in [4.78, 5) is 4.58. The standard InChI is InChI=1S/C14H19N3O/c1-11-9-17(6-5-16(11)2)14-4-3-12(10-18)7-13(14)8-15/h3-4,7,11,18H,5-6,9-10H2,1-2H3. The fraction of sp³-hybridized carbons (Fsp3) is 0.500. The molecule has 1 aromatic carbocycles. The van der Waals surface area contributed by atoms with Crippen molar-refractivity contribution in [3.05, 3.63) is 29.3 Å². The van der Waals surface area contributed by atoms with Gasteiger partial charge in [0.1, 0.15) is 6.07 Å². The molecule has 0 aliphatic carbocycles. The second-order valence-corrected chi connectivity index (χ2v) is 4.90. The predicted molar refractivity (Wildman–Crippen MR) is 71.4 cm³/mol. The van der Waals surface area contributed by atoms with E-state index in [0.29, 0.717) is 11.6 Å². The molecular formula is C14H19N3O. The highest BCUT2D eigenvalue weighted by atomic mass is 16.3. The number of piperazine rings is 1. The number of anilines is 1. The summed E-state index contributed by atoms with van der Waals surface area (Å²) in [5.74, 6) is 0. The van der Waals surface area contributed by atoms with Gasteiger partial charge in [-0.2, -0.15) is 5.26 Å². The van der Waals surface area contributed by atoms with E-state index < -0.39 is 0 Å². The average Bonchev–Trinajstić information content (AvgIpc) is 2.41. The molecule has 1 fully saturated rings. The Morgan fingerprint density at radius 1 is 1.44 bits per heavy atom. The molecule has 4 nitrogen and oxygen atoms in total. The lowest BCUT2D eigenvalue weighted by Gasteiger charge is -2.39. The van der Waals surface area contributed by atoms with Crippen LogP contribution in [0.4, 0.5) is 5.69 Å². The summed E-state index contributed by atoms with van der Waals surface area (Å²) >= 11 is 0. The summed E-state index contributed by atoms with van der Waals surface area (Å²) in [6, 6.07) is 8.33. The van der Waals surface area contributed by atoms with Crippen molar-refractivity contribution in [2.75, 3.05) is 31.6 Å². The number of nitriles is 1. The second-order valence-electron chi connectivity index (χ2n) is 4.90. The Labute approximate surface area is 108 Å². The molecule has 1 unspecified atom stereocenters. The fourth-order valence-electron chi connectivity index (χ4n) is 2.31.